The van der Waals surface area contributed by atoms with Gasteiger partial charge >= 0.3 is 0 Å². The predicted molar refractivity (Wildman–Crippen MR) is 89.7 cm³/mol. The first-order chi connectivity index (χ1) is 11.1. The molecule has 1 atom stereocenters. The predicted octanol–water partition coefficient (Wildman–Crippen LogP) is 3.01. The second kappa shape index (κ2) is 6.83. The molecule has 23 heavy (non-hydrogen) atoms. The van der Waals surface area contributed by atoms with Gasteiger partial charge in [-0.05, 0) is 49.9 Å². The summed E-state index contributed by atoms with van der Waals surface area (Å²) in [6.07, 6.45) is 6.80. The summed E-state index contributed by atoms with van der Waals surface area (Å²) in [7, 11) is 0. The molecule has 0 radical (unpaired) electrons. The molecule has 3 rings (SSSR count). The van der Waals surface area contributed by atoms with E-state index in [2.05, 4.69) is 11.5 Å². The molecule has 0 aromatic heterocycles. The van der Waals surface area contributed by atoms with Crippen LogP contribution in [-0.2, 0) is 11.2 Å². The van der Waals surface area contributed by atoms with Gasteiger partial charge in [0.1, 0.15) is 5.82 Å². The Morgan fingerprint density at radius 3 is 2.83 bits per heavy atom. The highest BCUT2D eigenvalue weighted by molar-refractivity contribution is 5.79. The molecule has 2 saturated heterocycles. The van der Waals surface area contributed by atoms with Crippen LogP contribution in [0.15, 0.2) is 36.9 Å². The van der Waals surface area contributed by atoms with E-state index in [0.717, 1.165) is 51.0 Å². The molecule has 2 aliphatic rings. The van der Waals surface area contributed by atoms with Gasteiger partial charge in [-0.1, -0.05) is 18.2 Å². The van der Waals surface area contributed by atoms with E-state index in [1.54, 1.807) is 6.07 Å². The zero-order chi connectivity index (χ0) is 16.3. The van der Waals surface area contributed by atoms with Crippen LogP contribution in [0.5, 0.6) is 0 Å². The van der Waals surface area contributed by atoms with Crippen LogP contribution in [0.2, 0.25) is 0 Å². The highest BCUT2D eigenvalue weighted by atomic mass is 19.1. The normalized spacial score (nSPS) is 25.0. The van der Waals surface area contributed by atoms with Gasteiger partial charge in [-0.25, -0.2) is 4.39 Å². The van der Waals surface area contributed by atoms with E-state index in [1.807, 2.05) is 17.0 Å². The van der Waals surface area contributed by atoms with Crippen LogP contribution >= 0.6 is 0 Å². The Morgan fingerprint density at radius 1 is 1.30 bits per heavy atom. The first-order valence-corrected chi connectivity index (χ1v) is 8.51. The molecule has 1 amide bonds. The summed E-state index contributed by atoms with van der Waals surface area (Å²) < 4.78 is 13.3. The van der Waals surface area contributed by atoms with E-state index >= 15 is 0 Å². The van der Waals surface area contributed by atoms with Crippen LogP contribution < -0.4 is 0 Å². The molecule has 4 heteroatoms. The van der Waals surface area contributed by atoms with Crippen molar-refractivity contribution in [1.82, 2.24) is 9.80 Å². The van der Waals surface area contributed by atoms with Crippen LogP contribution in [0.3, 0.4) is 0 Å². The molecule has 1 aromatic carbocycles. The van der Waals surface area contributed by atoms with Gasteiger partial charge < -0.3 is 4.90 Å². The zero-order valence-electron chi connectivity index (χ0n) is 13.6. The molecular weight excluding hydrogens is 291 g/mol. The topological polar surface area (TPSA) is 23.6 Å². The Hall–Kier alpha value is -1.68. The average molecular weight is 316 g/mol. The summed E-state index contributed by atoms with van der Waals surface area (Å²) in [4.78, 5) is 17.1. The van der Waals surface area contributed by atoms with Crippen LogP contribution in [0, 0.1) is 5.82 Å². The summed E-state index contributed by atoms with van der Waals surface area (Å²) >= 11 is 0. The third-order valence-electron chi connectivity index (χ3n) is 5.24. The number of halogens is 1. The number of benzene rings is 1. The number of likely N-dealkylation sites (tertiary alicyclic amines) is 2. The second-order valence-corrected chi connectivity index (χ2v) is 6.79. The van der Waals surface area contributed by atoms with Crippen molar-refractivity contribution >= 4 is 5.91 Å². The molecule has 0 N–H and O–H groups in total. The van der Waals surface area contributed by atoms with Crippen molar-refractivity contribution in [2.45, 2.75) is 37.6 Å². The van der Waals surface area contributed by atoms with Gasteiger partial charge in [-0.2, -0.15) is 0 Å². The minimum atomic E-state index is -0.279. The smallest absolute Gasteiger partial charge is 0.227 e. The number of piperidine rings is 1. The minimum absolute atomic E-state index is 0.111. The number of carbonyl (C=O) groups excluding carboxylic acids is 1. The third-order valence-corrected chi connectivity index (χ3v) is 5.24. The molecule has 0 aliphatic carbocycles. The van der Waals surface area contributed by atoms with E-state index in [9.17, 15) is 9.18 Å². The maximum Gasteiger partial charge on any atom is 0.227 e. The van der Waals surface area contributed by atoms with Crippen LogP contribution in [0.1, 0.15) is 31.2 Å². The molecule has 1 unspecified atom stereocenters. The molecule has 0 bridgehead atoms. The van der Waals surface area contributed by atoms with E-state index in [0.29, 0.717) is 0 Å². The standard InChI is InChI=1S/C19H25FN2O/c1-2-10-22-12-5-9-19(22)8-4-11-21(15-19)18(23)14-16-6-3-7-17(20)13-16/h2-3,6-7,13H,1,4-5,8-12,14-15H2. The van der Waals surface area contributed by atoms with Crippen LogP contribution in [0.25, 0.3) is 0 Å². The van der Waals surface area contributed by atoms with Crippen LogP contribution in [-0.4, -0.2) is 47.4 Å². The SMILES string of the molecule is C=CCN1CCCC12CCCN(C(=O)Cc1cccc(F)c1)C2. The summed E-state index contributed by atoms with van der Waals surface area (Å²) in [6, 6.07) is 6.35. The van der Waals surface area contributed by atoms with Gasteiger partial charge in [-0.15, -0.1) is 6.58 Å². The Labute approximate surface area is 137 Å². The number of amides is 1. The van der Waals surface area contributed by atoms with Gasteiger partial charge in [0.15, 0.2) is 0 Å². The molecule has 1 spiro atoms. The van der Waals surface area contributed by atoms with Gasteiger partial charge in [0.2, 0.25) is 5.91 Å². The highest BCUT2D eigenvalue weighted by Gasteiger charge is 2.44. The quantitative estimate of drug-likeness (QED) is 0.797. The van der Waals surface area contributed by atoms with E-state index in [1.165, 1.54) is 18.6 Å². The Bertz CT molecular complexity index is 588. The maximum absolute atomic E-state index is 13.3. The maximum atomic E-state index is 13.3. The molecular formula is C19H25FN2O. The van der Waals surface area contributed by atoms with Crippen molar-refractivity contribution in [3.05, 3.63) is 48.3 Å². The lowest BCUT2D eigenvalue weighted by atomic mass is 9.86. The first kappa shape index (κ1) is 16.2. The Kier molecular flexibility index (Phi) is 4.81. The summed E-state index contributed by atoms with van der Waals surface area (Å²) in [6.45, 7) is 7.47. The Morgan fingerprint density at radius 2 is 2.09 bits per heavy atom. The zero-order valence-corrected chi connectivity index (χ0v) is 13.6. The van der Waals surface area contributed by atoms with Crippen molar-refractivity contribution in [3.8, 4) is 0 Å². The monoisotopic (exact) mass is 316 g/mol. The summed E-state index contributed by atoms with van der Waals surface area (Å²) in [5.74, 6) is -0.168. The summed E-state index contributed by atoms with van der Waals surface area (Å²) in [5.41, 5.74) is 0.883. The average Bonchev–Trinajstić information content (AvgIpc) is 2.90. The number of hydrogen-bond acceptors (Lipinski definition) is 2. The first-order valence-electron chi connectivity index (χ1n) is 8.51. The van der Waals surface area contributed by atoms with E-state index in [-0.39, 0.29) is 23.7 Å². The number of nitrogens with zero attached hydrogens (tertiary/aromatic N) is 2. The number of rotatable bonds is 4. The lowest BCUT2D eigenvalue weighted by molar-refractivity contribution is -0.134. The number of carbonyl (C=O) groups is 1. The molecule has 2 fully saturated rings. The molecule has 3 nitrogen and oxygen atoms in total. The molecule has 2 heterocycles. The van der Waals surface area contributed by atoms with Crippen molar-refractivity contribution in [1.29, 1.82) is 0 Å². The van der Waals surface area contributed by atoms with Crippen molar-refractivity contribution < 1.29 is 9.18 Å². The van der Waals surface area contributed by atoms with Gasteiger partial charge in [0.05, 0.1) is 6.42 Å². The fourth-order valence-corrected chi connectivity index (χ4v) is 4.16. The van der Waals surface area contributed by atoms with Gasteiger partial charge in [0, 0.05) is 25.2 Å². The molecule has 0 saturated carbocycles. The lowest BCUT2D eigenvalue weighted by Crippen LogP contribution is -2.57. The lowest BCUT2D eigenvalue weighted by Gasteiger charge is -2.46. The van der Waals surface area contributed by atoms with E-state index < -0.39 is 0 Å². The Balaban J connectivity index is 1.68. The van der Waals surface area contributed by atoms with Gasteiger partial charge in [-0.3, -0.25) is 9.69 Å². The number of hydrogen-bond donors (Lipinski definition) is 0. The largest absolute Gasteiger partial charge is 0.341 e. The molecule has 2 aliphatic heterocycles. The fourth-order valence-electron chi connectivity index (χ4n) is 4.16. The minimum Gasteiger partial charge on any atom is -0.341 e. The summed E-state index contributed by atoms with van der Waals surface area (Å²) in [5, 5.41) is 0. The van der Waals surface area contributed by atoms with Crippen molar-refractivity contribution in [2.75, 3.05) is 26.2 Å². The van der Waals surface area contributed by atoms with Crippen molar-refractivity contribution in [2.24, 2.45) is 0 Å². The molecule has 1 aromatic rings. The van der Waals surface area contributed by atoms with E-state index in [4.69, 9.17) is 0 Å². The third kappa shape index (κ3) is 3.47. The second-order valence-electron chi connectivity index (χ2n) is 6.79. The van der Waals surface area contributed by atoms with Crippen molar-refractivity contribution in [3.63, 3.8) is 0 Å². The fraction of sp³-hybridized carbons (Fsp3) is 0.526. The van der Waals surface area contributed by atoms with Crippen LogP contribution in [0.4, 0.5) is 4.39 Å². The highest BCUT2D eigenvalue weighted by Crippen LogP contribution is 2.37. The molecule has 124 valence electrons. The van der Waals surface area contributed by atoms with Gasteiger partial charge in [0.25, 0.3) is 0 Å².